The fraction of sp³-hybridized carbons (Fsp3) is 0.286. The Labute approximate surface area is 122 Å². The van der Waals surface area contributed by atoms with Crippen LogP contribution in [0.5, 0.6) is 0 Å². The standard InChI is InChI=1S/C14H15Cl2NS/c1-8-6-13(18-9(8)2)12(17)7-10-4-3-5-11(15)14(10)16/h3-6,12H,7,17H2,1-2H3. The van der Waals surface area contributed by atoms with Gasteiger partial charge in [0.1, 0.15) is 0 Å². The molecule has 2 rings (SSSR count). The Balaban J connectivity index is 2.21. The summed E-state index contributed by atoms with van der Waals surface area (Å²) in [5.74, 6) is 0. The van der Waals surface area contributed by atoms with E-state index in [9.17, 15) is 0 Å². The quantitative estimate of drug-likeness (QED) is 0.856. The third-order valence-electron chi connectivity index (χ3n) is 3.02. The predicted octanol–water partition coefficient (Wildman–Crippen LogP) is 4.91. The minimum atomic E-state index is -0.0293. The van der Waals surface area contributed by atoms with Crippen molar-refractivity contribution < 1.29 is 0 Å². The highest BCUT2D eigenvalue weighted by atomic mass is 35.5. The zero-order valence-corrected chi connectivity index (χ0v) is 12.7. The van der Waals surface area contributed by atoms with Crippen molar-refractivity contribution in [3.05, 3.63) is 55.2 Å². The number of nitrogens with two attached hydrogens (primary N) is 1. The second-order valence-electron chi connectivity index (χ2n) is 4.41. The monoisotopic (exact) mass is 299 g/mol. The summed E-state index contributed by atoms with van der Waals surface area (Å²) in [4.78, 5) is 2.51. The Bertz CT molecular complexity index is 543. The van der Waals surface area contributed by atoms with Gasteiger partial charge in [0.25, 0.3) is 0 Å². The average Bonchev–Trinajstić information content (AvgIpc) is 2.66. The van der Waals surface area contributed by atoms with Crippen molar-refractivity contribution in [3.8, 4) is 0 Å². The van der Waals surface area contributed by atoms with Gasteiger partial charge in [-0.2, -0.15) is 0 Å². The average molecular weight is 300 g/mol. The van der Waals surface area contributed by atoms with E-state index in [1.165, 1.54) is 15.3 Å². The smallest absolute Gasteiger partial charge is 0.0624 e. The predicted molar refractivity (Wildman–Crippen MR) is 80.9 cm³/mol. The molecule has 1 atom stereocenters. The molecule has 1 nitrogen and oxygen atoms in total. The van der Waals surface area contributed by atoms with Gasteiger partial charge in [-0.05, 0) is 43.5 Å². The van der Waals surface area contributed by atoms with Crippen molar-refractivity contribution in [1.82, 2.24) is 0 Å². The van der Waals surface area contributed by atoms with E-state index in [2.05, 4.69) is 19.9 Å². The molecule has 0 aliphatic rings. The molecule has 0 bridgehead atoms. The Morgan fingerprint density at radius 3 is 2.61 bits per heavy atom. The maximum Gasteiger partial charge on any atom is 0.0624 e. The topological polar surface area (TPSA) is 26.0 Å². The number of halogens is 2. The van der Waals surface area contributed by atoms with Crippen LogP contribution >= 0.6 is 34.5 Å². The summed E-state index contributed by atoms with van der Waals surface area (Å²) in [7, 11) is 0. The van der Waals surface area contributed by atoms with Gasteiger partial charge in [0.2, 0.25) is 0 Å². The van der Waals surface area contributed by atoms with Gasteiger partial charge in [-0.25, -0.2) is 0 Å². The Hall–Kier alpha value is -0.540. The van der Waals surface area contributed by atoms with Crippen LogP contribution in [0.2, 0.25) is 10.0 Å². The minimum absolute atomic E-state index is 0.0293. The molecule has 1 heterocycles. The molecule has 0 spiro atoms. The molecular formula is C14H15Cl2NS. The fourth-order valence-corrected chi connectivity index (χ4v) is 3.27. The van der Waals surface area contributed by atoms with Crippen LogP contribution in [-0.2, 0) is 6.42 Å². The van der Waals surface area contributed by atoms with Gasteiger partial charge in [0.05, 0.1) is 10.0 Å². The lowest BCUT2D eigenvalue weighted by Crippen LogP contribution is -2.12. The van der Waals surface area contributed by atoms with E-state index < -0.39 is 0 Å². The van der Waals surface area contributed by atoms with Gasteiger partial charge in [0, 0.05) is 15.8 Å². The molecule has 4 heteroatoms. The molecule has 0 aliphatic heterocycles. The zero-order valence-electron chi connectivity index (χ0n) is 10.3. The molecule has 1 unspecified atom stereocenters. The highest BCUT2D eigenvalue weighted by Crippen LogP contribution is 2.31. The Morgan fingerprint density at radius 2 is 2.00 bits per heavy atom. The molecule has 0 radical (unpaired) electrons. The van der Waals surface area contributed by atoms with Crippen molar-refractivity contribution in [2.75, 3.05) is 0 Å². The molecule has 1 aromatic carbocycles. The van der Waals surface area contributed by atoms with Gasteiger partial charge in [-0.15, -0.1) is 11.3 Å². The van der Waals surface area contributed by atoms with E-state index in [0.29, 0.717) is 16.5 Å². The van der Waals surface area contributed by atoms with Crippen LogP contribution in [0.4, 0.5) is 0 Å². The van der Waals surface area contributed by atoms with Gasteiger partial charge in [-0.1, -0.05) is 35.3 Å². The van der Waals surface area contributed by atoms with Crippen LogP contribution in [0.25, 0.3) is 0 Å². The molecule has 0 saturated heterocycles. The van der Waals surface area contributed by atoms with Crippen LogP contribution in [-0.4, -0.2) is 0 Å². The summed E-state index contributed by atoms with van der Waals surface area (Å²) < 4.78 is 0. The molecule has 96 valence electrons. The van der Waals surface area contributed by atoms with E-state index in [4.69, 9.17) is 28.9 Å². The molecule has 2 N–H and O–H groups in total. The molecule has 0 amide bonds. The summed E-state index contributed by atoms with van der Waals surface area (Å²) in [6, 6.07) is 7.79. The molecule has 0 saturated carbocycles. The number of benzene rings is 1. The minimum Gasteiger partial charge on any atom is -0.323 e. The molecular weight excluding hydrogens is 285 g/mol. The lowest BCUT2D eigenvalue weighted by molar-refractivity contribution is 0.736. The number of hydrogen-bond donors (Lipinski definition) is 1. The van der Waals surface area contributed by atoms with Crippen LogP contribution < -0.4 is 5.73 Å². The SMILES string of the molecule is Cc1cc(C(N)Cc2cccc(Cl)c2Cl)sc1C. The molecule has 0 fully saturated rings. The second-order valence-corrected chi connectivity index (χ2v) is 6.48. The zero-order chi connectivity index (χ0) is 13.3. The van der Waals surface area contributed by atoms with Gasteiger partial charge in [-0.3, -0.25) is 0 Å². The first-order valence-corrected chi connectivity index (χ1v) is 7.31. The first kappa shape index (κ1) is 13.9. The molecule has 0 aliphatic carbocycles. The van der Waals surface area contributed by atoms with Gasteiger partial charge in [0.15, 0.2) is 0 Å². The summed E-state index contributed by atoms with van der Waals surface area (Å²) in [6.07, 6.45) is 0.707. The highest BCUT2D eigenvalue weighted by Gasteiger charge is 2.13. The normalized spacial score (nSPS) is 12.7. The first-order valence-electron chi connectivity index (χ1n) is 5.74. The van der Waals surface area contributed by atoms with Crippen molar-refractivity contribution in [1.29, 1.82) is 0 Å². The van der Waals surface area contributed by atoms with E-state index in [0.717, 1.165) is 5.56 Å². The number of thiophene rings is 1. The van der Waals surface area contributed by atoms with Crippen molar-refractivity contribution >= 4 is 34.5 Å². The van der Waals surface area contributed by atoms with Crippen LogP contribution in [0, 0.1) is 13.8 Å². The third kappa shape index (κ3) is 2.89. The molecule has 18 heavy (non-hydrogen) atoms. The van der Waals surface area contributed by atoms with Crippen molar-refractivity contribution in [2.24, 2.45) is 5.73 Å². The second kappa shape index (κ2) is 5.62. The van der Waals surface area contributed by atoms with Crippen LogP contribution in [0.15, 0.2) is 24.3 Å². The lowest BCUT2D eigenvalue weighted by Gasteiger charge is -2.11. The van der Waals surface area contributed by atoms with Crippen LogP contribution in [0.3, 0.4) is 0 Å². The largest absolute Gasteiger partial charge is 0.323 e. The molecule has 2 aromatic rings. The first-order chi connectivity index (χ1) is 8.49. The number of rotatable bonds is 3. The van der Waals surface area contributed by atoms with Gasteiger partial charge >= 0.3 is 0 Å². The maximum atomic E-state index is 6.24. The van der Waals surface area contributed by atoms with Gasteiger partial charge < -0.3 is 5.73 Å². The summed E-state index contributed by atoms with van der Waals surface area (Å²) in [6.45, 7) is 4.22. The lowest BCUT2D eigenvalue weighted by atomic mass is 10.0. The summed E-state index contributed by atoms with van der Waals surface area (Å²) in [5.41, 5.74) is 8.53. The Kier molecular flexibility index (Phi) is 4.33. The van der Waals surface area contributed by atoms with E-state index in [1.54, 1.807) is 17.4 Å². The fourth-order valence-electron chi connectivity index (χ4n) is 1.83. The Morgan fingerprint density at radius 1 is 1.28 bits per heavy atom. The third-order valence-corrected chi connectivity index (χ3v) is 5.16. The number of aryl methyl sites for hydroxylation is 2. The summed E-state index contributed by atoms with van der Waals surface area (Å²) in [5, 5.41) is 1.19. The molecule has 1 aromatic heterocycles. The summed E-state index contributed by atoms with van der Waals surface area (Å²) >= 11 is 13.9. The maximum absolute atomic E-state index is 6.24. The van der Waals surface area contributed by atoms with E-state index in [1.807, 2.05) is 12.1 Å². The van der Waals surface area contributed by atoms with E-state index in [-0.39, 0.29) is 6.04 Å². The number of hydrogen-bond acceptors (Lipinski definition) is 2. The van der Waals surface area contributed by atoms with Crippen LogP contribution in [0.1, 0.15) is 26.9 Å². The van der Waals surface area contributed by atoms with Crippen molar-refractivity contribution in [2.45, 2.75) is 26.3 Å². The highest BCUT2D eigenvalue weighted by molar-refractivity contribution is 7.12. The van der Waals surface area contributed by atoms with Crippen molar-refractivity contribution in [3.63, 3.8) is 0 Å². The van der Waals surface area contributed by atoms with E-state index >= 15 is 0 Å².